The van der Waals surface area contributed by atoms with Crippen LogP contribution in [0.2, 0.25) is 0 Å². The molecule has 1 aromatic heterocycles. The molecule has 1 saturated heterocycles. The number of aromatic amines is 1. The molecule has 0 aliphatic carbocycles. The fourth-order valence-corrected chi connectivity index (χ4v) is 2.49. The van der Waals surface area contributed by atoms with Crippen molar-refractivity contribution in [2.24, 2.45) is 0 Å². The minimum Gasteiger partial charge on any atom is -0.355 e. The van der Waals surface area contributed by atoms with Crippen molar-refractivity contribution < 1.29 is 9.59 Å². The van der Waals surface area contributed by atoms with Crippen LogP contribution in [0, 0.1) is 0 Å². The van der Waals surface area contributed by atoms with Gasteiger partial charge in [-0.1, -0.05) is 6.92 Å². The smallest absolute Gasteiger partial charge is 0.271 e. The number of rotatable bonds is 6. The lowest BCUT2D eigenvalue weighted by atomic mass is 10.0. The van der Waals surface area contributed by atoms with E-state index in [4.69, 9.17) is 0 Å². The largest absolute Gasteiger partial charge is 0.355 e. The number of H-pyrrole nitrogens is 1. The van der Waals surface area contributed by atoms with E-state index in [-0.39, 0.29) is 29.1 Å². The lowest BCUT2D eigenvalue weighted by molar-refractivity contribution is -0.122. The third kappa shape index (κ3) is 5.48. The molecule has 2 rings (SSSR count). The topological polar surface area (TPSA) is 107 Å². The molecular formula is C15H23N5O3. The number of hydrogen-bond acceptors (Lipinski definition) is 5. The molecule has 0 spiro atoms. The van der Waals surface area contributed by atoms with Gasteiger partial charge in [0, 0.05) is 31.7 Å². The molecule has 3 N–H and O–H groups in total. The molecule has 0 radical (unpaired) electrons. The summed E-state index contributed by atoms with van der Waals surface area (Å²) >= 11 is 0. The zero-order chi connectivity index (χ0) is 16.7. The van der Waals surface area contributed by atoms with Crippen LogP contribution in [0.1, 0.15) is 36.7 Å². The number of nitrogens with one attached hydrogen (secondary N) is 3. The number of piperidine rings is 1. The molecule has 1 aliphatic rings. The molecule has 2 heterocycles. The normalized spacial score (nSPS) is 16.0. The highest BCUT2D eigenvalue weighted by Crippen LogP contribution is 2.10. The maximum Gasteiger partial charge on any atom is 0.271 e. The van der Waals surface area contributed by atoms with Crippen molar-refractivity contribution >= 4 is 11.8 Å². The number of nitrogens with zero attached hydrogens (tertiary/aromatic N) is 2. The number of likely N-dealkylation sites (tertiary alicyclic amines) is 1. The maximum atomic E-state index is 12.0. The van der Waals surface area contributed by atoms with Gasteiger partial charge in [-0.2, -0.15) is 5.10 Å². The molecule has 1 fully saturated rings. The Kier molecular flexibility index (Phi) is 6.28. The third-order valence-corrected chi connectivity index (χ3v) is 3.77. The van der Waals surface area contributed by atoms with Gasteiger partial charge in [0.25, 0.3) is 11.5 Å². The summed E-state index contributed by atoms with van der Waals surface area (Å²) in [6, 6.07) is 2.74. The highest BCUT2D eigenvalue weighted by atomic mass is 16.2. The van der Waals surface area contributed by atoms with Crippen LogP contribution in [-0.4, -0.2) is 59.1 Å². The standard InChI is InChI=1S/C15H23N5O3/c1-2-7-16-14(22)10-20-8-5-11(6-9-20)17-15(23)12-3-4-13(21)19-18-12/h3-4,11H,2,5-10H2,1H3,(H,16,22)(H,17,23)(H,19,21). The molecule has 23 heavy (non-hydrogen) atoms. The average Bonchev–Trinajstić information content (AvgIpc) is 2.55. The van der Waals surface area contributed by atoms with Gasteiger partial charge in [-0.05, 0) is 25.3 Å². The number of hydrogen-bond donors (Lipinski definition) is 3. The molecule has 1 aliphatic heterocycles. The number of amides is 2. The molecule has 8 heteroatoms. The molecule has 8 nitrogen and oxygen atoms in total. The van der Waals surface area contributed by atoms with Crippen LogP contribution in [0.15, 0.2) is 16.9 Å². The van der Waals surface area contributed by atoms with E-state index < -0.39 is 0 Å². The number of aromatic nitrogens is 2. The van der Waals surface area contributed by atoms with E-state index in [1.54, 1.807) is 0 Å². The molecule has 0 unspecified atom stereocenters. The van der Waals surface area contributed by atoms with Gasteiger partial charge >= 0.3 is 0 Å². The van der Waals surface area contributed by atoms with E-state index in [9.17, 15) is 14.4 Å². The predicted molar refractivity (Wildman–Crippen MR) is 85.1 cm³/mol. The van der Waals surface area contributed by atoms with Crippen LogP contribution in [0.5, 0.6) is 0 Å². The fourth-order valence-electron chi connectivity index (χ4n) is 2.49. The first-order valence-corrected chi connectivity index (χ1v) is 7.94. The lowest BCUT2D eigenvalue weighted by Crippen LogP contribution is -2.47. The zero-order valence-electron chi connectivity index (χ0n) is 13.3. The zero-order valence-corrected chi connectivity index (χ0v) is 13.3. The third-order valence-electron chi connectivity index (χ3n) is 3.77. The van der Waals surface area contributed by atoms with Crippen molar-refractivity contribution in [3.05, 3.63) is 28.2 Å². The fraction of sp³-hybridized carbons (Fsp3) is 0.600. The van der Waals surface area contributed by atoms with Crippen molar-refractivity contribution in [3.8, 4) is 0 Å². The molecule has 0 bridgehead atoms. The van der Waals surface area contributed by atoms with Crippen LogP contribution in [-0.2, 0) is 4.79 Å². The summed E-state index contributed by atoms with van der Waals surface area (Å²) < 4.78 is 0. The summed E-state index contributed by atoms with van der Waals surface area (Å²) in [7, 11) is 0. The van der Waals surface area contributed by atoms with Crippen LogP contribution < -0.4 is 16.2 Å². The van der Waals surface area contributed by atoms with Crippen molar-refractivity contribution in [2.45, 2.75) is 32.2 Å². The predicted octanol–water partition coefficient (Wildman–Crippen LogP) is -0.510. The second-order valence-corrected chi connectivity index (χ2v) is 5.68. The minimum atomic E-state index is -0.337. The Hall–Kier alpha value is -2.22. The molecule has 1 aromatic rings. The van der Waals surface area contributed by atoms with Crippen molar-refractivity contribution in [1.29, 1.82) is 0 Å². The van der Waals surface area contributed by atoms with Crippen LogP contribution in [0.3, 0.4) is 0 Å². The van der Waals surface area contributed by atoms with Crippen LogP contribution >= 0.6 is 0 Å². The van der Waals surface area contributed by atoms with E-state index in [1.165, 1.54) is 12.1 Å². The Balaban J connectivity index is 1.74. The highest BCUT2D eigenvalue weighted by Gasteiger charge is 2.22. The summed E-state index contributed by atoms with van der Waals surface area (Å²) in [6.07, 6.45) is 2.50. The minimum absolute atomic E-state index is 0.0479. The Labute approximate surface area is 134 Å². The maximum absolute atomic E-state index is 12.0. The van der Waals surface area contributed by atoms with Gasteiger partial charge in [0.1, 0.15) is 5.69 Å². The molecule has 126 valence electrons. The SMILES string of the molecule is CCCNC(=O)CN1CCC(NC(=O)c2ccc(=O)[nH]n2)CC1. The summed E-state index contributed by atoms with van der Waals surface area (Å²) in [5, 5.41) is 11.7. The van der Waals surface area contributed by atoms with Gasteiger partial charge < -0.3 is 10.6 Å². The first-order valence-electron chi connectivity index (χ1n) is 7.94. The first kappa shape index (κ1) is 17.1. The molecule has 0 atom stereocenters. The molecule has 0 aromatic carbocycles. The first-order chi connectivity index (χ1) is 11.1. The van der Waals surface area contributed by atoms with E-state index in [0.29, 0.717) is 13.1 Å². The molecular weight excluding hydrogens is 298 g/mol. The summed E-state index contributed by atoms with van der Waals surface area (Å²) in [4.78, 5) is 36.7. The summed E-state index contributed by atoms with van der Waals surface area (Å²) in [5.74, 6) is -0.243. The van der Waals surface area contributed by atoms with Gasteiger partial charge in [0.2, 0.25) is 5.91 Å². The Morgan fingerprint density at radius 2 is 2.09 bits per heavy atom. The molecule has 0 saturated carbocycles. The Morgan fingerprint density at radius 3 is 2.70 bits per heavy atom. The van der Waals surface area contributed by atoms with E-state index in [2.05, 4.69) is 25.7 Å². The lowest BCUT2D eigenvalue weighted by Gasteiger charge is -2.31. The monoisotopic (exact) mass is 321 g/mol. The second-order valence-electron chi connectivity index (χ2n) is 5.68. The van der Waals surface area contributed by atoms with Crippen LogP contribution in [0.25, 0.3) is 0 Å². The van der Waals surface area contributed by atoms with Crippen molar-refractivity contribution in [3.63, 3.8) is 0 Å². The van der Waals surface area contributed by atoms with Crippen LogP contribution in [0.4, 0.5) is 0 Å². The Morgan fingerprint density at radius 1 is 1.35 bits per heavy atom. The van der Waals surface area contributed by atoms with Crippen molar-refractivity contribution in [1.82, 2.24) is 25.7 Å². The number of carbonyl (C=O) groups is 2. The number of carbonyl (C=O) groups excluding carboxylic acids is 2. The van der Waals surface area contributed by atoms with E-state index >= 15 is 0 Å². The summed E-state index contributed by atoms with van der Waals surface area (Å²) in [6.45, 7) is 4.67. The van der Waals surface area contributed by atoms with Crippen molar-refractivity contribution in [2.75, 3.05) is 26.2 Å². The Bertz CT molecular complexity index is 573. The van der Waals surface area contributed by atoms with Gasteiger partial charge in [-0.3, -0.25) is 19.3 Å². The summed E-state index contributed by atoms with van der Waals surface area (Å²) in [5.41, 5.74) is -0.137. The molecule has 2 amide bonds. The van der Waals surface area contributed by atoms with Gasteiger partial charge in [-0.25, -0.2) is 5.10 Å². The second kappa shape index (κ2) is 8.42. The van der Waals surface area contributed by atoms with Gasteiger partial charge in [0.15, 0.2) is 0 Å². The average molecular weight is 321 g/mol. The van der Waals surface area contributed by atoms with E-state index in [0.717, 1.165) is 32.4 Å². The van der Waals surface area contributed by atoms with Gasteiger partial charge in [-0.15, -0.1) is 0 Å². The quantitative estimate of drug-likeness (QED) is 0.654. The highest BCUT2D eigenvalue weighted by molar-refractivity contribution is 5.92. The van der Waals surface area contributed by atoms with Gasteiger partial charge in [0.05, 0.1) is 6.54 Å². The van der Waals surface area contributed by atoms with E-state index in [1.807, 2.05) is 6.92 Å².